The van der Waals surface area contributed by atoms with E-state index in [-0.39, 0.29) is 12.2 Å². The minimum Gasteiger partial charge on any atom is -0.487 e. The van der Waals surface area contributed by atoms with Crippen LogP contribution >= 0.6 is 59.4 Å². The van der Waals surface area contributed by atoms with E-state index in [1.54, 1.807) is 48.5 Å². The maximum Gasteiger partial charge on any atom is 0.335 e. The number of amides is 4. The molecule has 0 atom stereocenters. The Morgan fingerprint density at radius 2 is 1.59 bits per heavy atom. The highest BCUT2D eigenvalue weighted by Gasteiger charge is 2.37. The second-order valence-corrected chi connectivity index (χ2v) is 10.3. The van der Waals surface area contributed by atoms with Gasteiger partial charge in [0, 0.05) is 19.5 Å². The number of barbiturate groups is 1. The molecule has 4 amide bonds. The van der Waals surface area contributed by atoms with Crippen LogP contribution in [-0.4, -0.2) is 17.8 Å². The third kappa shape index (κ3) is 5.43. The summed E-state index contributed by atoms with van der Waals surface area (Å²) >= 11 is 16.2. The van der Waals surface area contributed by atoms with Crippen LogP contribution in [-0.2, 0) is 16.2 Å². The molecule has 6 nitrogen and oxygen atoms in total. The summed E-state index contributed by atoms with van der Waals surface area (Å²) in [6.45, 7) is 0.233. The van der Waals surface area contributed by atoms with Gasteiger partial charge in [-0.3, -0.25) is 14.9 Å². The van der Waals surface area contributed by atoms with Gasteiger partial charge in [-0.2, -0.15) is 0 Å². The van der Waals surface area contributed by atoms with Gasteiger partial charge in [0.05, 0.1) is 10.2 Å². The summed E-state index contributed by atoms with van der Waals surface area (Å²) in [6.07, 6.45) is 1.41. The molecule has 0 aliphatic carbocycles. The summed E-state index contributed by atoms with van der Waals surface area (Å²) in [5.41, 5.74) is 1.48. The van der Waals surface area contributed by atoms with E-state index in [0.29, 0.717) is 31.0 Å². The number of imide groups is 2. The number of ether oxygens (including phenoxy) is 1. The van der Waals surface area contributed by atoms with Gasteiger partial charge in [-0.25, -0.2) is 9.69 Å². The first-order chi connectivity index (χ1) is 16.2. The van der Waals surface area contributed by atoms with Crippen LogP contribution in [0, 0.1) is 0 Å². The van der Waals surface area contributed by atoms with Crippen LogP contribution in [0.25, 0.3) is 6.08 Å². The van der Waals surface area contributed by atoms with Crippen molar-refractivity contribution in [2.75, 3.05) is 4.90 Å². The Hall–Kier alpha value is -2.46. The van der Waals surface area contributed by atoms with E-state index in [0.717, 1.165) is 14.9 Å². The molecule has 3 aromatic carbocycles. The summed E-state index contributed by atoms with van der Waals surface area (Å²) in [5.74, 6) is -1.10. The molecule has 1 saturated heterocycles. The molecule has 4 rings (SSSR count). The Kier molecular flexibility index (Phi) is 7.57. The average Bonchev–Trinajstić information content (AvgIpc) is 2.78. The van der Waals surface area contributed by atoms with Gasteiger partial charge in [0.1, 0.15) is 17.9 Å². The first-order valence-electron chi connectivity index (χ1n) is 9.76. The van der Waals surface area contributed by atoms with Gasteiger partial charge in [0.2, 0.25) is 0 Å². The summed E-state index contributed by atoms with van der Waals surface area (Å²) in [7, 11) is 0. The molecule has 1 aliphatic rings. The van der Waals surface area contributed by atoms with E-state index in [4.69, 9.17) is 16.3 Å². The maximum absolute atomic E-state index is 13.2. The van der Waals surface area contributed by atoms with Crippen LogP contribution in [0.5, 0.6) is 5.75 Å². The Bertz CT molecular complexity index is 1330. The molecular formula is C24H14Br3ClN2O4. The number of urea groups is 1. The fraction of sp³-hybridized carbons (Fsp3) is 0.0417. The molecule has 0 aromatic heterocycles. The first kappa shape index (κ1) is 24.7. The third-order valence-electron chi connectivity index (χ3n) is 4.82. The largest absolute Gasteiger partial charge is 0.487 e. The Morgan fingerprint density at radius 3 is 2.26 bits per heavy atom. The molecule has 0 unspecified atom stereocenters. The van der Waals surface area contributed by atoms with Crippen molar-refractivity contribution in [3.8, 4) is 5.75 Å². The van der Waals surface area contributed by atoms with Gasteiger partial charge in [0.25, 0.3) is 11.8 Å². The predicted octanol–water partition coefficient (Wildman–Crippen LogP) is 6.87. The summed E-state index contributed by atoms with van der Waals surface area (Å²) in [5, 5.41) is 2.84. The molecular weight excluding hydrogens is 655 g/mol. The van der Waals surface area contributed by atoms with Crippen LogP contribution in [0.1, 0.15) is 11.1 Å². The number of carbonyl (C=O) groups excluding carboxylic acids is 3. The van der Waals surface area contributed by atoms with E-state index >= 15 is 0 Å². The third-order valence-corrected chi connectivity index (χ3v) is 6.65. The molecule has 1 N–H and O–H groups in total. The van der Waals surface area contributed by atoms with Crippen LogP contribution in [0.15, 0.2) is 79.7 Å². The average molecular weight is 670 g/mol. The minimum absolute atomic E-state index is 0.205. The number of anilines is 1. The zero-order valence-electron chi connectivity index (χ0n) is 17.2. The highest BCUT2D eigenvalue weighted by molar-refractivity contribution is 9.11. The second kappa shape index (κ2) is 10.4. The zero-order chi connectivity index (χ0) is 24.4. The smallest absolute Gasteiger partial charge is 0.335 e. The minimum atomic E-state index is -0.816. The van der Waals surface area contributed by atoms with Crippen molar-refractivity contribution >= 4 is 89.0 Å². The van der Waals surface area contributed by atoms with E-state index in [1.165, 1.54) is 6.08 Å². The normalized spacial score (nSPS) is 15.0. The highest BCUT2D eigenvalue weighted by Crippen LogP contribution is 2.36. The van der Waals surface area contributed by atoms with Gasteiger partial charge in [-0.15, -0.1) is 0 Å². The molecule has 1 aliphatic heterocycles. The lowest BCUT2D eigenvalue weighted by molar-refractivity contribution is -0.122. The van der Waals surface area contributed by atoms with Crippen molar-refractivity contribution in [1.29, 1.82) is 0 Å². The van der Waals surface area contributed by atoms with Crippen LogP contribution in [0.2, 0.25) is 5.02 Å². The summed E-state index contributed by atoms with van der Waals surface area (Å²) in [4.78, 5) is 39.2. The highest BCUT2D eigenvalue weighted by atomic mass is 79.9. The lowest BCUT2D eigenvalue weighted by atomic mass is 10.1. The van der Waals surface area contributed by atoms with Crippen molar-refractivity contribution in [3.63, 3.8) is 0 Å². The molecule has 0 saturated carbocycles. The Balaban J connectivity index is 1.70. The van der Waals surface area contributed by atoms with E-state index in [2.05, 4.69) is 53.1 Å². The fourth-order valence-electron chi connectivity index (χ4n) is 3.21. The van der Waals surface area contributed by atoms with Crippen LogP contribution < -0.4 is 15.0 Å². The van der Waals surface area contributed by atoms with Crippen LogP contribution in [0.4, 0.5) is 10.5 Å². The lowest BCUT2D eigenvalue weighted by Crippen LogP contribution is -2.54. The van der Waals surface area contributed by atoms with Gasteiger partial charge < -0.3 is 4.74 Å². The van der Waals surface area contributed by atoms with Gasteiger partial charge in [-0.1, -0.05) is 55.6 Å². The lowest BCUT2D eigenvalue weighted by Gasteiger charge is -2.26. The maximum atomic E-state index is 13.2. The number of nitrogens with one attached hydrogen (secondary N) is 1. The van der Waals surface area contributed by atoms with Gasteiger partial charge in [-0.05, 0) is 76.1 Å². The number of carbonyl (C=O) groups is 3. The molecule has 0 spiro atoms. The standard InChI is InChI=1S/C24H14Br3ClN2O4/c25-15-3-7-18(8-4-15)30-23(32)19(22(31)29-24(30)33)10-14-9-16(26)11-20(27)21(14)34-12-13-1-5-17(28)6-2-13/h1-11H,12H2,(H,29,31,33)/b19-10+. The van der Waals surface area contributed by atoms with Crippen molar-refractivity contribution in [3.05, 3.63) is 95.8 Å². The second-order valence-electron chi connectivity index (χ2n) is 7.16. The number of rotatable bonds is 5. The zero-order valence-corrected chi connectivity index (χ0v) is 22.7. The Labute approximate surface area is 225 Å². The number of nitrogens with zero attached hydrogens (tertiary/aromatic N) is 1. The molecule has 3 aromatic rings. The summed E-state index contributed by atoms with van der Waals surface area (Å²) in [6, 6.07) is 16.5. The number of hydrogen-bond acceptors (Lipinski definition) is 4. The first-order valence-corrected chi connectivity index (χ1v) is 12.5. The molecule has 0 radical (unpaired) electrons. The summed E-state index contributed by atoms with van der Waals surface area (Å²) < 4.78 is 8.13. The number of benzene rings is 3. The van der Waals surface area contributed by atoms with E-state index in [1.807, 2.05) is 12.1 Å². The quantitative estimate of drug-likeness (QED) is 0.238. The fourth-order valence-corrected chi connectivity index (χ4v) is 4.98. The van der Waals surface area contributed by atoms with Crippen molar-refractivity contribution in [2.24, 2.45) is 0 Å². The number of hydrogen-bond donors (Lipinski definition) is 1. The van der Waals surface area contributed by atoms with Gasteiger partial charge >= 0.3 is 6.03 Å². The van der Waals surface area contributed by atoms with E-state index < -0.39 is 17.8 Å². The molecule has 0 bridgehead atoms. The topological polar surface area (TPSA) is 75.7 Å². The molecule has 1 heterocycles. The molecule has 172 valence electrons. The number of halogens is 4. The van der Waals surface area contributed by atoms with Gasteiger partial charge in [0.15, 0.2) is 0 Å². The van der Waals surface area contributed by atoms with Crippen molar-refractivity contribution < 1.29 is 19.1 Å². The van der Waals surface area contributed by atoms with Crippen LogP contribution in [0.3, 0.4) is 0 Å². The monoisotopic (exact) mass is 666 g/mol. The Morgan fingerprint density at radius 1 is 0.912 bits per heavy atom. The van der Waals surface area contributed by atoms with Crippen molar-refractivity contribution in [2.45, 2.75) is 6.61 Å². The molecule has 34 heavy (non-hydrogen) atoms. The predicted molar refractivity (Wildman–Crippen MR) is 141 cm³/mol. The van der Waals surface area contributed by atoms with Crippen molar-refractivity contribution in [1.82, 2.24) is 5.32 Å². The van der Waals surface area contributed by atoms with E-state index in [9.17, 15) is 14.4 Å². The molecule has 1 fully saturated rings. The SMILES string of the molecule is O=C1NC(=O)N(c2ccc(Br)cc2)C(=O)/C1=C/c1cc(Br)cc(Br)c1OCc1ccc(Cl)cc1. The molecule has 10 heteroatoms.